The Morgan fingerprint density at radius 3 is 1.28 bits per heavy atom. The van der Waals surface area contributed by atoms with Crippen LogP contribution in [0.5, 0.6) is 5.75 Å². The number of rotatable bonds is 17. The average Bonchev–Trinajstić information content (AvgIpc) is 1.84. The number of para-hydroxylation sites is 1. The van der Waals surface area contributed by atoms with Gasteiger partial charge in [0.1, 0.15) is 47.1 Å². The number of ether oxygens (including phenoxy) is 10. The summed E-state index contributed by atoms with van der Waals surface area (Å²) in [7, 11) is -28.5. The molecule has 4 aromatic heterocycles. The van der Waals surface area contributed by atoms with Crippen LogP contribution < -0.4 is 87.4 Å². The van der Waals surface area contributed by atoms with E-state index in [-0.39, 0.29) is 129 Å². The molecule has 58 heteroatoms. The number of hydrogen-bond acceptors (Lipinski definition) is 39. The Morgan fingerprint density at radius 2 is 0.933 bits per heavy atom. The molecule has 10 heterocycles. The van der Waals surface area contributed by atoms with Crippen LogP contribution in [0, 0.1) is 44.1 Å². The number of aliphatic hydroxyl groups excluding tert-OH is 1. The molecule has 49 nitrogen and oxygen atoms in total. The third-order valence-corrected chi connectivity index (χ3v) is 19.3. The molecular formula is C47H76AcClIN15O34P6-3. The number of alkyl halides is 1. The predicted molar refractivity (Wildman–Crippen MR) is 358 cm³/mol. The number of phosphoric ester groups is 1. The van der Waals surface area contributed by atoms with Crippen LogP contribution in [-0.2, 0) is 92.2 Å². The fourth-order valence-electron chi connectivity index (χ4n) is 7.73. The zero-order chi connectivity index (χ0) is 75.2. The number of carbonyl (C=O) groups is 1. The van der Waals surface area contributed by atoms with Crippen molar-refractivity contribution in [3.05, 3.63) is 127 Å². The van der Waals surface area contributed by atoms with E-state index in [1.165, 1.54) is 50.5 Å². The monoisotopic (exact) mass is 1970 g/mol. The molecule has 22 N–H and O–H groups in total. The molecule has 0 saturated carbocycles. The number of hydrogen-bond donors (Lipinski definition) is 9. The molecule has 1 aromatic carbocycles. The molecule has 0 amide bonds. The van der Waals surface area contributed by atoms with Gasteiger partial charge in [-0.3, -0.25) is 45.6 Å². The summed E-state index contributed by atoms with van der Waals surface area (Å²) in [6, 6.07) is 12.6. The summed E-state index contributed by atoms with van der Waals surface area (Å²) in [5.74, 6) is 0.375. The van der Waals surface area contributed by atoms with Crippen LogP contribution in [0.25, 0.3) is 5.73 Å². The van der Waals surface area contributed by atoms with Gasteiger partial charge in [0.15, 0.2) is 56.4 Å². The van der Waals surface area contributed by atoms with E-state index in [1.54, 1.807) is 36.5 Å². The van der Waals surface area contributed by atoms with Crippen LogP contribution >= 0.6 is 80.4 Å². The van der Waals surface area contributed by atoms with Crippen molar-refractivity contribution >= 4 is 110 Å². The minimum absolute atomic E-state index is 0. The molecule has 0 spiro atoms. The SMILES string of the molecule is CC[C@@H]1OC[C@@H](I)O1.CC[C@@H]1OC[C@H](n2ccc(N)nc2=O)O1.CC[C@@H]1OC[C@H](n2ccc([NH-])nc2=O)O1.CP(=O)([O-])OP(=O)([O-])O.Nc1ccn([C@H]2CO[C@@H](CO)O2)c(=O)n1.Nc1ccn([C@H]2CO[C@@H](COP(=O)([O-])OP(=O)([O-])OP(=O)([O-])O)O2)c(=O)n1.O=C1OP(Cl)Oc2ccccc21.[Ac].[NH4+].[NH4+].[NH4+]. The first-order valence-corrected chi connectivity index (χ1v) is 39.6. The summed E-state index contributed by atoms with van der Waals surface area (Å²) in [4.78, 5) is 140. The van der Waals surface area contributed by atoms with Gasteiger partial charge >= 0.3 is 30.8 Å². The van der Waals surface area contributed by atoms with Gasteiger partial charge in [-0.2, -0.15) is 15.0 Å². The van der Waals surface area contributed by atoms with Crippen LogP contribution in [0.15, 0.2) is 92.5 Å². The van der Waals surface area contributed by atoms with Gasteiger partial charge in [0.05, 0.1) is 39.6 Å². The fraction of sp³-hybridized carbons (Fsp3) is 0.511. The molecule has 5 saturated heterocycles. The molecule has 1 radical (unpaired) electrons. The van der Waals surface area contributed by atoms with Crippen LogP contribution in [0.4, 0.5) is 23.3 Å². The molecule has 593 valence electrons. The molecule has 5 aromatic rings. The molecule has 6 aliphatic rings. The molecule has 0 aliphatic carbocycles. The summed E-state index contributed by atoms with van der Waals surface area (Å²) in [6.07, 6.45) is 3.44. The minimum atomic E-state index is -5.99. The molecule has 11 rings (SSSR count). The zero-order valence-corrected chi connectivity index (χ0v) is 69.1. The number of anilines is 3. The number of aromatic nitrogens is 8. The quantitative estimate of drug-likeness (QED) is 0.0358. The number of halogens is 2. The summed E-state index contributed by atoms with van der Waals surface area (Å²) in [6.45, 7) is 6.79. The van der Waals surface area contributed by atoms with Crippen molar-refractivity contribution in [3.8, 4) is 5.75 Å². The van der Waals surface area contributed by atoms with Crippen molar-refractivity contribution in [3.63, 3.8) is 0 Å². The van der Waals surface area contributed by atoms with E-state index in [4.69, 9.17) is 101 Å². The second-order valence-corrected chi connectivity index (χ2v) is 30.0. The van der Waals surface area contributed by atoms with Gasteiger partial charge < -0.3 is 151 Å². The topological polar surface area (TPSA) is 777 Å². The van der Waals surface area contributed by atoms with Gasteiger partial charge in [-0.15, -0.1) is 0 Å². The van der Waals surface area contributed by atoms with E-state index in [9.17, 15) is 71.3 Å². The Hall–Kier alpha value is -3.75. The van der Waals surface area contributed by atoms with Crippen LogP contribution in [0.3, 0.4) is 0 Å². The number of nitrogens with one attached hydrogen (secondary N) is 1. The molecule has 6 aliphatic heterocycles. The Morgan fingerprint density at radius 1 is 0.562 bits per heavy atom. The molecular weight excluding hydrogens is 1890 g/mol. The molecule has 5 fully saturated rings. The van der Waals surface area contributed by atoms with Crippen molar-refractivity contribution in [1.29, 1.82) is 0 Å². The van der Waals surface area contributed by atoms with Gasteiger partial charge in [-0.1, -0.05) is 38.7 Å². The molecule has 16 atom stereocenters. The number of fused-ring (bicyclic) bond motifs is 1. The van der Waals surface area contributed by atoms with Crippen LogP contribution in [-0.4, -0.2) is 148 Å². The van der Waals surface area contributed by atoms with E-state index >= 15 is 0 Å². The smallest absolute Gasteiger partial charge is 0.403 e. The maximum absolute atomic E-state index is 11.7. The van der Waals surface area contributed by atoms with Gasteiger partial charge in [-0.05, 0) is 89.5 Å². The zero-order valence-electron chi connectivity index (χ0n) is 56.1. The normalized spacial score (nSPS) is 25.3. The van der Waals surface area contributed by atoms with Crippen molar-refractivity contribution in [2.24, 2.45) is 0 Å². The first kappa shape index (κ1) is 99.3. The first-order chi connectivity index (χ1) is 47.2. The number of aliphatic hydroxyl groups is 1. The van der Waals surface area contributed by atoms with Crippen molar-refractivity contribution in [2.45, 2.75) is 101 Å². The number of benzene rings is 1. The summed E-state index contributed by atoms with van der Waals surface area (Å²) >= 11 is 7.76. The van der Waals surface area contributed by atoms with Gasteiger partial charge in [-0.25, -0.2) is 27.8 Å². The Kier molecular flexibility index (Phi) is 43.6. The molecule has 105 heavy (non-hydrogen) atoms. The molecule has 6 unspecified atom stereocenters. The van der Waals surface area contributed by atoms with Crippen molar-refractivity contribution < 1.29 is 185 Å². The number of quaternary nitrogens is 3. The second-order valence-electron chi connectivity index (χ2n) is 19.6. The predicted octanol–water partition coefficient (Wildman–Crippen LogP) is 1.16. The summed E-state index contributed by atoms with van der Waals surface area (Å²) in [5, 5.41) is 8.77. The number of phosphoric acid groups is 4. The van der Waals surface area contributed by atoms with E-state index in [0.29, 0.717) is 31.2 Å². The standard InChI is InChI=1S/2C9H13N3O3.C8H14N3O13P3.C8H11N3O4.C7H4ClO3P.C5H9IO2.CH6O6P2.Ac.3H3N/c2*1-2-8-14-5-7(15-8)12-4-3-6(10)11-9(12)13;9-5-1-2-11(8(12)10-5)6-3-20-7(22-6)4-21-26(16,17)24-27(18,19)23-25(13,14)15;9-5-1-2-11(8(13)10-5)6-4-14-7(3-12)15-6;8-12-10-6-4-2-1-3-5(6)7(9)11-12;1-2-5-7-3-4(6)8-5;1-8(2,3)7-9(4,5)6;;;;/h2*3-4,7-8H,2,5H2,1H3,(H2,10,11,13);1-2,6-7H,3-4H2,(H,16,17)(H,18,19)(H2,9,10,12)(H2,13,14,15);1-2,6-7,12H,3-4H2,(H2,9,10,13);1-4H;4-5H,2-3H2,1H3;1H3,(H,2,3)(H2,4,5,6);;3*1H3/p-3/t2*7-,8-;2*6-,7-;;4-,5+;;;;;/m1111.0...../s1. The van der Waals surface area contributed by atoms with E-state index in [0.717, 1.165) is 30.4 Å². The van der Waals surface area contributed by atoms with E-state index < -0.39 is 119 Å². The molecule has 0 bridgehead atoms. The number of nitrogen functional groups attached to an aromatic ring is 3. The fourth-order valence-corrected chi connectivity index (χ4v) is 13.6. The minimum Gasteiger partial charge on any atom is -0.778 e. The van der Waals surface area contributed by atoms with Gasteiger partial charge in [0.2, 0.25) is 5.69 Å². The number of nitrogens with zero attached hydrogens (tertiary/aromatic N) is 8. The van der Waals surface area contributed by atoms with Crippen molar-refractivity contribution in [1.82, 2.24) is 56.7 Å². The largest absolute Gasteiger partial charge is 0.778 e. The maximum Gasteiger partial charge on any atom is 0.403 e. The van der Waals surface area contributed by atoms with Crippen molar-refractivity contribution in [2.75, 3.05) is 70.1 Å². The average molecular weight is 1970 g/mol. The Labute approximate surface area is 649 Å². The van der Waals surface area contributed by atoms with E-state index in [2.05, 4.69) is 71.4 Å². The van der Waals surface area contributed by atoms with Crippen LogP contribution in [0.1, 0.15) is 75.3 Å². The summed E-state index contributed by atoms with van der Waals surface area (Å²) < 4.78 is 134. The Bertz CT molecular complexity index is 3840. The summed E-state index contributed by atoms with van der Waals surface area (Å²) in [5.41, 5.74) is 21.5. The van der Waals surface area contributed by atoms with Gasteiger partial charge in [0, 0.05) is 75.5 Å². The van der Waals surface area contributed by atoms with Crippen LogP contribution in [0.2, 0.25) is 0 Å². The number of nitrogens with two attached hydrogens (primary N) is 3. The third kappa shape index (κ3) is 35.9. The maximum atomic E-state index is 11.7. The number of carbonyl (C=O) groups excluding carboxylic acids is 1. The Balaban J connectivity index is 0.000000629. The first-order valence-electron chi connectivity index (χ1n) is 28.4. The third-order valence-electron chi connectivity index (χ3n) is 11.9. The second kappa shape index (κ2) is 46.2. The van der Waals surface area contributed by atoms with Gasteiger partial charge in [0.25, 0.3) is 31.3 Å². The van der Waals surface area contributed by atoms with E-state index in [1.807, 2.05) is 13.8 Å².